The molecule has 1 saturated heterocycles. The lowest BCUT2D eigenvalue weighted by Gasteiger charge is -2.36. The lowest BCUT2D eigenvalue weighted by Crippen LogP contribution is -2.60. The maximum Gasteiger partial charge on any atom is 0.408 e. The maximum atomic E-state index is 14.6. The van der Waals surface area contributed by atoms with E-state index in [9.17, 15) is 37.4 Å². The summed E-state index contributed by atoms with van der Waals surface area (Å²) >= 11 is 26.6. The van der Waals surface area contributed by atoms with Gasteiger partial charge in [0.15, 0.2) is 0 Å². The Kier molecular flexibility index (Phi) is 28.0. The number of likely N-dealkylation sites (tertiary alicyclic amines) is 1. The lowest BCUT2D eigenvalue weighted by atomic mass is 9.85. The summed E-state index contributed by atoms with van der Waals surface area (Å²) in [6.45, 7) is 14.2. The van der Waals surface area contributed by atoms with Gasteiger partial charge in [0, 0.05) is 133 Å². The SMILES string of the molecule is Brc1ccc2cnccc2c1.C.C=C[C@@H]1C[C@]1(NC(=O)[C@@H]1C[C@@H](Oc2cc(-n3cccn3)cc3ccncc23)CN1C(=O)[C@@H](NC(=O)OC(C)(C)C)C(C)(C)C)C(=O)NS(=O)(=O)C1CC1.Clc1nccc2cc(-n3cccn3)ccc12.O=P(Cl)(Cl)Cl.O[n+]1ccc2cc(-n3cccn3)ccc2c1.O[n+]1ccc2cc(Br)ccc2c1. The van der Waals surface area contributed by atoms with Crippen LogP contribution in [0.5, 0.6) is 5.75 Å². The second-order valence-electron chi connectivity index (χ2n) is 28.5. The van der Waals surface area contributed by atoms with Crippen LogP contribution in [0.3, 0.4) is 0 Å². The number of fused-ring (bicyclic) bond motifs is 5. The highest BCUT2D eigenvalue weighted by atomic mass is 79.9. The number of nitrogens with one attached hydrogen (secondary N) is 3. The highest BCUT2D eigenvalue weighted by Gasteiger charge is 2.62. The van der Waals surface area contributed by atoms with Crippen molar-refractivity contribution in [2.75, 3.05) is 6.54 Å². The number of carbonyl (C=O) groups is 4. The van der Waals surface area contributed by atoms with Gasteiger partial charge in [-0.3, -0.25) is 44.1 Å². The van der Waals surface area contributed by atoms with E-state index in [0.29, 0.717) is 29.1 Å². The first-order valence-electron chi connectivity index (χ1n) is 35.1. The molecule has 594 valence electrons. The maximum absolute atomic E-state index is 14.6. The zero-order chi connectivity index (χ0) is 81.2. The average Bonchev–Trinajstić information content (AvgIpc) is 1.57. The fraction of sp³-hybridized carbons (Fsp3) is 0.250. The molecule has 9 heterocycles. The summed E-state index contributed by atoms with van der Waals surface area (Å²) in [6.07, 6.45) is 27.1. The molecular formula is C80H82Br2Cl4N15O11PS+2. The summed E-state index contributed by atoms with van der Waals surface area (Å²) in [6, 6.07) is 40.5. The average molecular weight is 1790 g/mol. The van der Waals surface area contributed by atoms with Gasteiger partial charge in [0.2, 0.25) is 46.6 Å². The Morgan fingerprint density at radius 2 is 1.18 bits per heavy atom. The largest absolute Gasteiger partial charge is 0.488 e. The van der Waals surface area contributed by atoms with Crippen LogP contribution in [0.1, 0.15) is 74.7 Å². The van der Waals surface area contributed by atoms with Crippen LogP contribution in [-0.4, -0.2) is 133 Å². The Balaban J connectivity index is 0.000000179. The number of benzene rings is 5. The summed E-state index contributed by atoms with van der Waals surface area (Å²) in [5, 5.41) is 43.4. The Morgan fingerprint density at radius 3 is 1.73 bits per heavy atom. The summed E-state index contributed by atoms with van der Waals surface area (Å²) in [5.41, 5.74) is -0.478. The molecule has 114 heavy (non-hydrogen) atoms. The molecule has 0 spiro atoms. The molecule has 8 aromatic heterocycles. The van der Waals surface area contributed by atoms with Gasteiger partial charge >= 0.3 is 11.3 Å². The minimum atomic E-state index is -3.91. The molecule has 0 bridgehead atoms. The van der Waals surface area contributed by atoms with Gasteiger partial charge in [-0.05, 0) is 215 Å². The van der Waals surface area contributed by atoms with Crippen molar-refractivity contribution in [2.24, 2.45) is 11.3 Å². The van der Waals surface area contributed by atoms with Crippen LogP contribution in [-0.2, 0) is 33.7 Å². The number of aromatic nitrogens is 11. The van der Waals surface area contributed by atoms with E-state index in [-0.39, 0.29) is 26.8 Å². The van der Waals surface area contributed by atoms with Crippen molar-refractivity contribution >= 4 is 170 Å². The molecule has 0 radical (unpaired) electrons. The van der Waals surface area contributed by atoms with E-state index in [1.165, 1.54) is 21.7 Å². The summed E-state index contributed by atoms with van der Waals surface area (Å²) < 4.78 is 58.7. The van der Waals surface area contributed by atoms with Gasteiger partial charge in [0.05, 0.1) is 39.6 Å². The second kappa shape index (κ2) is 37.0. The Morgan fingerprint density at radius 1 is 0.667 bits per heavy atom. The first kappa shape index (κ1) is 86.3. The molecule has 3 aliphatic rings. The van der Waals surface area contributed by atoms with Crippen LogP contribution >= 0.6 is 82.4 Å². The van der Waals surface area contributed by atoms with E-state index >= 15 is 0 Å². The monoisotopic (exact) mass is 1790 g/mol. The van der Waals surface area contributed by atoms with Gasteiger partial charge in [-0.15, -0.1) is 6.58 Å². The lowest BCUT2D eigenvalue weighted by molar-refractivity contribution is -0.904. The van der Waals surface area contributed by atoms with Crippen LogP contribution in [0, 0.1) is 11.3 Å². The number of nitrogens with zero attached hydrogens (tertiary/aromatic N) is 12. The topological polar surface area (TPSA) is 318 Å². The molecule has 5 aromatic carbocycles. The van der Waals surface area contributed by atoms with Gasteiger partial charge < -0.3 is 25.0 Å². The van der Waals surface area contributed by atoms with Crippen molar-refractivity contribution in [3.63, 3.8) is 0 Å². The normalized spacial score (nSPS) is 16.6. The van der Waals surface area contributed by atoms with E-state index in [4.69, 9.17) is 26.3 Å². The number of amides is 4. The van der Waals surface area contributed by atoms with Gasteiger partial charge in [-0.2, -0.15) is 15.3 Å². The van der Waals surface area contributed by atoms with E-state index < -0.39 is 84.9 Å². The first-order valence-corrected chi connectivity index (χ1v) is 43.1. The smallest absolute Gasteiger partial charge is 0.408 e. The minimum Gasteiger partial charge on any atom is -0.488 e. The third kappa shape index (κ3) is 23.1. The zero-order valence-corrected chi connectivity index (χ0v) is 69.5. The van der Waals surface area contributed by atoms with Crippen LogP contribution in [0.25, 0.3) is 70.9 Å². The van der Waals surface area contributed by atoms with Crippen molar-refractivity contribution < 1.29 is 61.5 Å². The summed E-state index contributed by atoms with van der Waals surface area (Å²) in [7, 11) is -3.91. The third-order valence-electron chi connectivity index (χ3n) is 18.0. The van der Waals surface area contributed by atoms with Crippen LogP contribution in [0.4, 0.5) is 4.79 Å². The van der Waals surface area contributed by atoms with Crippen LogP contribution < -0.4 is 29.6 Å². The number of carbonyl (C=O) groups excluding carboxylic acids is 4. The van der Waals surface area contributed by atoms with Gasteiger partial charge in [-0.1, -0.05) is 83.8 Å². The summed E-state index contributed by atoms with van der Waals surface area (Å²) in [4.78, 5) is 69.1. The molecule has 0 unspecified atom stereocenters. The fourth-order valence-corrected chi connectivity index (χ4v) is 14.6. The van der Waals surface area contributed by atoms with Gasteiger partial charge in [0.1, 0.15) is 40.2 Å². The van der Waals surface area contributed by atoms with Crippen molar-refractivity contribution in [3.8, 4) is 22.8 Å². The first-order chi connectivity index (χ1) is 53.6. The van der Waals surface area contributed by atoms with Crippen molar-refractivity contribution in [1.82, 2.24) is 64.5 Å². The van der Waals surface area contributed by atoms with Crippen molar-refractivity contribution in [1.29, 1.82) is 0 Å². The molecule has 34 heteroatoms. The molecule has 1 aliphatic heterocycles. The predicted molar refractivity (Wildman–Crippen MR) is 448 cm³/mol. The minimum absolute atomic E-state index is 0. The standard InChI is InChI=1S/C37H47N7O8S.C12H8ClN3.C12H10N3O.C9H7BrNO.C9H6BrN.CH4.Cl3OP/c1-8-23-19-37(23,33(47)42-53(49,50)26-10-11-26)41-31(45)28-18-25(21-43(28)32(46)30(35(2,3)4)40-34(48)52-36(5,6)7)51-29-17-24(44-15-9-13-39-44)16-22-12-14-38-20-27(22)29;13-12-11-3-2-10(16-7-1-5-15-16)8-9(11)4-6-14-12;16-14-7-4-10-8-12(3-2-11(10)9-14)15-6-1-5-13-15;10-9-2-1-8-6-11(12)4-3-7(8)5-9;10-9-2-1-8-6-11-4-3-7(8)5-9;;1-5(2,3)4/h8-9,12-17,20,23,25-26,28,30H,1,10-11,18-19,21H2,2-7H3,(H,40,48)(H,41,45)(H,42,47);1-8H;1-9,16H;1-6,12H;1-6H;1H4;/q;;2*+1;;;/t23-,25-,28+,30-,37-;;;;;;/m1....../s1. The van der Waals surface area contributed by atoms with Crippen LogP contribution in [0.15, 0.2) is 248 Å². The zero-order valence-electron chi connectivity index (χ0n) is 61.6. The molecule has 2 saturated carbocycles. The summed E-state index contributed by atoms with van der Waals surface area (Å²) in [5.74, 6) is -2.15. The molecule has 13 aromatic rings. The van der Waals surface area contributed by atoms with Gasteiger partial charge in [0.25, 0.3) is 5.91 Å². The fourth-order valence-electron chi connectivity index (χ4n) is 12.2. The predicted octanol–water partition coefficient (Wildman–Crippen LogP) is 16.6. The molecule has 3 fully saturated rings. The number of sulfonamides is 1. The number of pyridine rings is 5. The number of alkyl carbamates (subject to hydrolysis) is 1. The quantitative estimate of drug-likeness (QED) is 0.0235. The number of rotatable bonds is 13. The molecule has 5 N–H and O–H groups in total. The van der Waals surface area contributed by atoms with Crippen LogP contribution in [0.2, 0.25) is 5.15 Å². The van der Waals surface area contributed by atoms with E-state index in [0.717, 1.165) is 73.2 Å². The third-order valence-corrected chi connectivity index (χ3v) is 21.1. The number of hydrogen-bond acceptors (Lipinski definition) is 17. The number of halogens is 6. The Hall–Kier alpha value is -10.1. The van der Waals surface area contributed by atoms with E-state index in [2.05, 4.69) is 124 Å². The van der Waals surface area contributed by atoms with Crippen molar-refractivity contribution in [2.45, 2.75) is 109 Å². The highest BCUT2D eigenvalue weighted by Crippen LogP contribution is 2.61. The number of ether oxygens (including phenoxy) is 2. The van der Waals surface area contributed by atoms with E-state index in [1.54, 1.807) is 137 Å². The Labute approximate surface area is 694 Å². The molecule has 26 nitrogen and oxygen atoms in total. The van der Waals surface area contributed by atoms with Crippen molar-refractivity contribution in [3.05, 3.63) is 253 Å². The molecule has 4 amide bonds. The molecule has 5 atom stereocenters. The molecule has 2 aliphatic carbocycles. The van der Waals surface area contributed by atoms with Gasteiger partial charge in [-0.25, -0.2) is 32.2 Å². The molecule has 16 rings (SSSR count). The Bertz CT molecular complexity index is 5740. The number of hydrogen-bond donors (Lipinski definition) is 5. The second-order valence-corrected chi connectivity index (χ2v) is 39.3. The molecular weight excluding hydrogens is 1710 g/mol. The highest BCUT2D eigenvalue weighted by molar-refractivity contribution is 9.10. The van der Waals surface area contributed by atoms with E-state index in [1.807, 2.05) is 139 Å².